The Labute approximate surface area is 118 Å². The third kappa shape index (κ3) is 10.3. The first-order chi connectivity index (χ1) is 9.27. The van der Waals surface area contributed by atoms with Crippen molar-refractivity contribution in [2.24, 2.45) is 5.41 Å². The van der Waals surface area contributed by atoms with E-state index < -0.39 is 0 Å². The average Bonchev–Trinajstić information content (AvgIpc) is 3.13. The molecule has 0 aliphatic heterocycles. The Kier molecular flexibility index (Phi) is 9.43. The van der Waals surface area contributed by atoms with E-state index in [1.807, 2.05) is 0 Å². The molecule has 4 nitrogen and oxygen atoms in total. The zero-order valence-corrected chi connectivity index (χ0v) is 12.7. The molecule has 0 heterocycles. The molecule has 0 aromatic heterocycles. The maximum absolute atomic E-state index is 5.49. The molecule has 0 aromatic rings. The number of rotatable bonds is 14. The summed E-state index contributed by atoms with van der Waals surface area (Å²) in [5.41, 5.74) is 0.584. The molecule has 0 spiro atoms. The first-order valence-electron chi connectivity index (χ1n) is 7.71. The molecule has 0 aromatic carbocycles. The van der Waals surface area contributed by atoms with Crippen molar-refractivity contribution < 1.29 is 14.2 Å². The van der Waals surface area contributed by atoms with Crippen LogP contribution in [0.15, 0.2) is 0 Å². The molecule has 0 radical (unpaired) electrons. The summed E-state index contributed by atoms with van der Waals surface area (Å²) < 4.78 is 16.3. The highest BCUT2D eigenvalue weighted by molar-refractivity contribution is 4.90. The fraction of sp³-hybridized carbons (Fsp3) is 1.00. The Balaban J connectivity index is 1.65. The molecule has 1 N–H and O–H groups in total. The second-order valence-electron chi connectivity index (χ2n) is 5.68. The van der Waals surface area contributed by atoms with Crippen LogP contribution < -0.4 is 5.32 Å². The predicted octanol–water partition coefficient (Wildman–Crippen LogP) is 2.23. The van der Waals surface area contributed by atoms with Crippen LogP contribution in [0, 0.1) is 5.41 Å². The fourth-order valence-electron chi connectivity index (χ4n) is 1.71. The third-order valence-corrected chi connectivity index (χ3v) is 3.46. The lowest BCUT2D eigenvalue weighted by Crippen LogP contribution is -2.26. The van der Waals surface area contributed by atoms with E-state index in [0.29, 0.717) is 31.8 Å². The second kappa shape index (κ2) is 10.6. The SMILES string of the molecule is CCCCOCCOCCOCCNCC1(C)CC1. The van der Waals surface area contributed by atoms with E-state index in [1.54, 1.807) is 0 Å². The van der Waals surface area contributed by atoms with E-state index in [4.69, 9.17) is 14.2 Å². The molecule has 4 heteroatoms. The van der Waals surface area contributed by atoms with Crippen LogP contribution in [0.2, 0.25) is 0 Å². The van der Waals surface area contributed by atoms with Crippen LogP contribution >= 0.6 is 0 Å². The topological polar surface area (TPSA) is 39.7 Å². The summed E-state index contributed by atoms with van der Waals surface area (Å²) in [6, 6.07) is 0. The quantitative estimate of drug-likeness (QED) is 0.493. The third-order valence-electron chi connectivity index (χ3n) is 3.46. The van der Waals surface area contributed by atoms with Gasteiger partial charge in [0.1, 0.15) is 0 Å². The van der Waals surface area contributed by atoms with Crippen LogP contribution in [0.1, 0.15) is 39.5 Å². The fourth-order valence-corrected chi connectivity index (χ4v) is 1.71. The van der Waals surface area contributed by atoms with Crippen LogP contribution in [0.5, 0.6) is 0 Å². The first kappa shape index (κ1) is 16.9. The maximum atomic E-state index is 5.49. The van der Waals surface area contributed by atoms with Crippen molar-refractivity contribution in [3.8, 4) is 0 Å². The summed E-state index contributed by atoms with van der Waals surface area (Å²) in [4.78, 5) is 0. The van der Waals surface area contributed by atoms with Gasteiger partial charge in [-0.1, -0.05) is 20.3 Å². The van der Waals surface area contributed by atoms with Crippen LogP contribution in [0.4, 0.5) is 0 Å². The molecule has 1 saturated carbocycles. The van der Waals surface area contributed by atoms with Crippen molar-refractivity contribution in [1.29, 1.82) is 0 Å². The van der Waals surface area contributed by atoms with E-state index in [9.17, 15) is 0 Å². The van der Waals surface area contributed by atoms with Gasteiger partial charge in [0, 0.05) is 19.7 Å². The molecule has 1 aliphatic rings. The van der Waals surface area contributed by atoms with E-state index in [2.05, 4.69) is 19.2 Å². The zero-order chi connectivity index (χ0) is 13.8. The molecule has 1 fully saturated rings. The van der Waals surface area contributed by atoms with Gasteiger partial charge in [0.25, 0.3) is 0 Å². The summed E-state index contributed by atoms with van der Waals surface area (Å²) >= 11 is 0. The number of hydrogen-bond acceptors (Lipinski definition) is 4. The lowest BCUT2D eigenvalue weighted by molar-refractivity contribution is 0.0146. The lowest BCUT2D eigenvalue weighted by atomic mass is 10.1. The molecule has 0 amide bonds. The Hall–Kier alpha value is -0.160. The summed E-state index contributed by atoms with van der Waals surface area (Å²) in [7, 11) is 0. The molecule has 0 saturated heterocycles. The van der Waals surface area contributed by atoms with Crippen LogP contribution in [0.3, 0.4) is 0 Å². The normalized spacial score (nSPS) is 16.7. The van der Waals surface area contributed by atoms with Crippen molar-refractivity contribution >= 4 is 0 Å². The average molecular weight is 273 g/mol. The van der Waals surface area contributed by atoms with Gasteiger partial charge in [-0.25, -0.2) is 0 Å². The van der Waals surface area contributed by atoms with Crippen molar-refractivity contribution in [1.82, 2.24) is 5.32 Å². The second-order valence-corrected chi connectivity index (χ2v) is 5.68. The Morgan fingerprint density at radius 2 is 1.47 bits per heavy atom. The minimum absolute atomic E-state index is 0.584. The highest BCUT2D eigenvalue weighted by atomic mass is 16.5. The number of unbranched alkanes of at least 4 members (excludes halogenated alkanes) is 1. The van der Waals surface area contributed by atoms with Gasteiger partial charge in [0.15, 0.2) is 0 Å². The standard InChI is InChI=1S/C15H31NO3/c1-3-4-8-17-10-12-19-13-11-18-9-7-16-14-15(2)5-6-15/h16H,3-14H2,1-2H3. The highest BCUT2D eigenvalue weighted by Gasteiger charge is 2.36. The van der Waals surface area contributed by atoms with Crippen LogP contribution in [0.25, 0.3) is 0 Å². The Bertz CT molecular complexity index is 208. The smallest absolute Gasteiger partial charge is 0.0701 e. The molecule has 1 rings (SSSR count). The van der Waals surface area contributed by atoms with Gasteiger partial charge >= 0.3 is 0 Å². The first-order valence-corrected chi connectivity index (χ1v) is 7.71. The van der Waals surface area contributed by atoms with E-state index in [1.165, 1.54) is 19.3 Å². The minimum atomic E-state index is 0.584. The van der Waals surface area contributed by atoms with Gasteiger partial charge in [-0.3, -0.25) is 0 Å². The molecule has 19 heavy (non-hydrogen) atoms. The van der Waals surface area contributed by atoms with Crippen LogP contribution in [-0.2, 0) is 14.2 Å². The Morgan fingerprint density at radius 3 is 2.05 bits per heavy atom. The molecule has 1 aliphatic carbocycles. The maximum Gasteiger partial charge on any atom is 0.0701 e. The van der Waals surface area contributed by atoms with Gasteiger partial charge in [0.2, 0.25) is 0 Å². The van der Waals surface area contributed by atoms with Gasteiger partial charge in [0.05, 0.1) is 33.0 Å². The van der Waals surface area contributed by atoms with Crippen molar-refractivity contribution in [2.45, 2.75) is 39.5 Å². The molecular formula is C15H31NO3. The summed E-state index contributed by atoms with van der Waals surface area (Å²) in [5.74, 6) is 0. The number of ether oxygens (including phenoxy) is 3. The Morgan fingerprint density at radius 1 is 0.895 bits per heavy atom. The largest absolute Gasteiger partial charge is 0.379 e. The summed E-state index contributed by atoms with van der Waals surface area (Å²) in [5, 5.41) is 3.43. The van der Waals surface area contributed by atoms with Gasteiger partial charge in [-0.05, 0) is 24.7 Å². The summed E-state index contributed by atoms with van der Waals surface area (Å²) in [6.45, 7) is 10.9. The monoisotopic (exact) mass is 273 g/mol. The summed E-state index contributed by atoms with van der Waals surface area (Å²) in [6.07, 6.45) is 5.06. The van der Waals surface area contributed by atoms with Crippen molar-refractivity contribution in [3.05, 3.63) is 0 Å². The lowest BCUT2D eigenvalue weighted by Gasteiger charge is -2.10. The number of nitrogens with one attached hydrogen (secondary N) is 1. The zero-order valence-electron chi connectivity index (χ0n) is 12.7. The highest BCUT2D eigenvalue weighted by Crippen LogP contribution is 2.43. The molecule has 114 valence electrons. The number of hydrogen-bond donors (Lipinski definition) is 1. The molecule has 0 unspecified atom stereocenters. The van der Waals surface area contributed by atoms with E-state index >= 15 is 0 Å². The van der Waals surface area contributed by atoms with Crippen molar-refractivity contribution in [3.63, 3.8) is 0 Å². The molecule has 0 atom stereocenters. The van der Waals surface area contributed by atoms with E-state index in [-0.39, 0.29) is 0 Å². The molecule has 0 bridgehead atoms. The van der Waals surface area contributed by atoms with Crippen molar-refractivity contribution in [2.75, 3.05) is 52.7 Å². The molecular weight excluding hydrogens is 242 g/mol. The van der Waals surface area contributed by atoms with Crippen LogP contribution in [-0.4, -0.2) is 52.7 Å². The van der Waals surface area contributed by atoms with Gasteiger partial charge < -0.3 is 19.5 Å². The van der Waals surface area contributed by atoms with Gasteiger partial charge in [-0.2, -0.15) is 0 Å². The minimum Gasteiger partial charge on any atom is -0.379 e. The predicted molar refractivity (Wildman–Crippen MR) is 77.6 cm³/mol. The van der Waals surface area contributed by atoms with Gasteiger partial charge in [-0.15, -0.1) is 0 Å². The van der Waals surface area contributed by atoms with E-state index in [0.717, 1.165) is 32.7 Å².